The molecule has 1 saturated carbocycles. The molecule has 1 fully saturated rings. The van der Waals surface area contributed by atoms with E-state index in [4.69, 9.17) is 0 Å². The molecule has 1 aliphatic rings. The quantitative estimate of drug-likeness (QED) is 0.859. The molecule has 3 nitrogen and oxygen atoms in total. The summed E-state index contributed by atoms with van der Waals surface area (Å²) in [7, 11) is 0. The molecule has 3 rings (SSSR count). The van der Waals surface area contributed by atoms with E-state index < -0.39 is 0 Å². The molecule has 1 amide bonds. The number of rotatable bonds is 5. The minimum absolute atomic E-state index is 0.119. The van der Waals surface area contributed by atoms with E-state index in [0.29, 0.717) is 6.04 Å². The summed E-state index contributed by atoms with van der Waals surface area (Å²) < 4.78 is 0. The Morgan fingerprint density at radius 2 is 1.71 bits per heavy atom. The first-order valence-electron chi connectivity index (χ1n) is 9.19. The van der Waals surface area contributed by atoms with Gasteiger partial charge in [-0.1, -0.05) is 61.7 Å². The van der Waals surface area contributed by atoms with Crippen LogP contribution in [0, 0.1) is 0 Å². The lowest BCUT2D eigenvalue weighted by Crippen LogP contribution is -2.47. The number of benzene rings is 2. The van der Waals surface area contributed by atoms with Crippen LogP contribution in [0.3, 0.4) is 0 Å². The van der Waals surface area contributed by atoms with Crippen molar-refractivity contribution < 1.29 is 4.79 Å². The maximum absolute atomic E-state index is 12.5. The van der Waals surface area contributed by atoms with Crippen LogP contribution in [0.5, 0.6) is 0 Å². The molecular formula is C21H28N2O. The Balaban J connectivity index is 1.64. The van der Waals surface area contributed by atoms with Crippen molar-refractivity contribution >= 4 is 16.7 Å². The Kier molecular flexibility index (Phi) is 5.52. The van der Waals surface area contributed by atoms with Crippen molar-refractivity contribution in [1.82, 2.24) is 10.6 Å². The first kappa shape index (κ1) is 17.0. The van der Waals surface area contributed by atoms with E-state index >= 15 is 0 Å². The summed E-state index contributed by atoms with van der Waals surface area (Å²) >= 11 is 0. The highest BCUT2D eigenvalue weighted by molar-refractivity contribution is 5.86. The predicted molar refractivity (Wildman–Crippen MR) is 100.0 cm³/mol. The Hall–Kier alpha value is -1.87. The van der Waals surface area contributed by atoms with Gasteiger partial charge in [-0.2, -0.15) is 0 Å². The molecule has 24 heavy (non-hydrogen) atoms. The standard InChI is InChI=1S/C21H28N2O/c1-15(19-14-8-10-17-9-6-7-13-20(17)19)22-16(2)21(24)23-18-11-4-3-5-12-18/h6-10,13-16,18,22H,3-5,11-12H2,1-2H3,(H,23,24). The van der Waals surface area contributed by atoms with Crippen molar-refractivity contribution in [3.8, 4) is 0 Å². The molecule has 0 heterocycles. The van der Waals surface area contributed by atoms with Crippen molar-refractivity contribution in [3.63, 3.8) is 0 Å². The number of amides is 1. The summed E-state index contributed by atoms with van der Waals surface area (Å²) in [5.74, 6) is 0.119. The Bertz CT molecular complexity index is 686. The number of hydrogen-bond acceptors (Lipinski definition) is 2. The highest BCUT2D eigenvalue weighted by Gasteiger charge is 2.21. The Morgan fingerprint density at radius 3 is 2.50 bits per heavy atom. The Labute approximate surface area is 144 Å². The van der Waals surface area contributed by atoms with Crippen LogP contribution in [0.4, 0.5) is 0 Å². The van der Waals surface area contributed by atoms with E-state index in [9.17, 15) is 4.79 Å². The third kappa shape index (κ3) is 3.96. The number of carbonyl (C=O) groups excluding carboxylic acids is 1. The lowest BCUT2D eigenvalue weighted by molar-refractivity contribution is -0.123. The highest BCUT2D eigenvalue weighted by atomic mass is 16.2. The van der Waals surface area contributed by atoms with Gasteiger partial charge in [-0.05, 0) is 43.0 Å². The second-order valence-electron chi connectivity index (χ2n) is 7.02. The Morgan fingerprint density at radius 1 is 1.00 bits per heavy atom. The lowest BCUT2D eigenvalue weighted by atomic mass is 9.95. The smallest absolute Gasteiger partial charge is 0.237 e. The van der Waals surface area contributed by atoms with Gasteiger partial charge in [0.1, 0.15) is 0 Å². The molecule has 0 aliphatic heterocycles. The molecule has 0 radical (unpaired) electrons. The zero-order valence-corrected chi connectivity index (χ0v) is 14.7. The number of fused-ring (bicyclic) bond motifs is 1. The van der Waals surface area contributed by atoms with Gasteiger partial charge in [0, 0.05) is 12.1 Å². The van der Waals surface area contributed by atoms with E-state index in [0.717, 1.165) is 12.8 Å². The molecule has 0 aromatic heterocycles. The van der Waals surface area contributed by atoms with Gasteiger partial charge in [-0.25, -0.2) is 0 Å². The molecular weight excluding hydrogens is 296 g/mol. The van der Waals surface area contributed by atoms with Gasteiger partial charge in [0.25, 0.3) is 0 Å². The van der Waals surface area contributed by atoms with E-state index in [1.807, 2.05) is 6.92 Å². The first-order chi connectivity index (χ1) is 11.6. The summed E-state index contributed by atoms with van der Waals surface area (Å²) in [6.45, 7) is 4.09. The number of nitrogens with one attached hydrogen (secondary N) is 2. The van der Waals surface area contributed by atoms with Crippen LogP contribution in [-0.4, -0.2) is 18.0 Å². The van der Waals surface area contributed by atoms with Gasteiger partial charge in [-0.3, -0.25) is 10.1 Å². The summed E-state index contributed by atoms with van der Waals surface area (Å²) in [5, 5.41) is 9.17. The molecule has 1 aliphatic carbocycles. The van der Waals surface area contributed by atoms with Crippen molar-refractivity contribution in [1.29, 1.82) is 0 Å². The van der Waals surface area contributed by atoms with Crippen molar-refractivity contribution in [2.75, 3.05) is 0 Å². The third-order valence-corrected chi connectivity index (χ3v) is 5.13. The minimum Gasteiger partial charge on any atom is -0.352 e. The molecule has 0 spiro atoms. The molecule has 0 saturated heterocycles. The monoisotopic (exact) mass is 324 g/mol. The number of carbonyl (C=O) groups is 1. The van der Waals surface area contributed by atoms with Crippen LogP contribution in [0.2, 0.25) is 0 Å². The van der Waals surface area contributed by atoms with Gasteiger partial charge in [-0.15, -0.1) is 0 Å². The maximum atomic E-state index is 12.5. The second-order valence-corrected chi connectivity index (χ2v) is 7.02. The average molecular weight is 324 g/mol. The fraction of sp³-hybridized carbons (Fsp3) is 0.476. The topological polar surface area (TPSA) is 41.1 Å². The van der Waals surface area contributed by atoms with E-state index in [1.165, 1.54) is 35.6 Å². The molecule has 3 heteroatoms. The van der Waals surface area contributed by atoms with E-state index in [2.05, 4.69) is 60.0 Å². The van der Waals surface area contributed by atoms with E-state index in [1.54, 1.807) is 0 Å². The largest absolute Gasteiger partial charge is 0.352 e. The van der Waals surface area contributed by atoms with Gasteiger partial charge in [0.05, 0.1) is 6.04 Å². The van der Waals surface area contributed by atoms with Crippen LogP contribution in [0.25, 0.3) is 10.8 Å². The fourth-order valence-electron chi connectivity index (χ4n) is 3.74. The van der Waals surface area contributed by atoms with Gasteiger partial charge < -0.3 is 5.32 Å². The predicted octanol–water partition coefficient (Wildman–Crippen LogP) is 4.33. The normalized spacial score (nSPS) is 18.2. The summed E-state index contributed by atoms with van der Waals surface area (Å²) in [4.78, 5) is 12.5. The van der Waals surface area contributed by atoms with Gasteiger partial charge in [0.2, 0.25) is 5.91 Å². The minimum atomic E-state index is -0.194. The van der Waals surface area contributed by atoms with Gasteiger partial charge >= 0.3 is 0 Å². The fourth-order valence-corrected chi connectivity index (χ4v) is 3.74. The van der Waals surface area contributed by atoms with Gasteiger partial charge in [0.15, 0.2) is 0 Å². The van der Waals surface area contributed by atoms with Crippen molar-refractivity contribution in [3.05, 3.63) is 48.0 Å². The molecule has 2 aromatic carbocycles. The molecule has 0 bridgehead atoms. The molecule has 2 N–H and O–H groups in total. The van der Waals surface area contributed by atoms with Crippen LogP contribution >= 0.6 is 0 Å². The molecule has 2 atom stereocenters. The van der Waals surface area contributed by atoms with Crippen LogP contribution in [-0.2, 0) is 4.79 Å². The SMILES string of the molecule is CC(NC(C)c1cccc2ccccc12)C(=O)NC1CCCCC1. The molecule has 2 unspecified atom stereocenters. The first-order valence-corrected chi connectivity index (χ1v) is 9.19. The zero-order chi connectivity index (χ0) is 16.9. The van der Waals surface area contributed by atoms with Crippen molar-refractivity contribution in [2.45, 2.75) is 64.1 Å². The second kappa shape index (κ2) is 7.80. The average Bonchev–Trinajstić information content (AvgIpc) is 2.62. The summed E-state index contributed by atoms with van der Waals surface area (Å²) in [6, 6.07) is 15.1. The van der Waals surface area contributed by atoms with Crippen LogP contribution in [0.1, 0.15) is 57.6 Å². The lowest BCUT2D eigenvalue weighted by Gasteiger charge is -2.26. The summed E-state index contributed by atoms with van der Waals surface area (Å²) in [6.07, 6.45) is 6.02. The third-order valence-electron chi connectivity index (χ3n) is 5.13. The zero-order valence-electron chi connectivity index (χ0n) is 14.7. The summed E-state index contributed by atoms with van der Waals surface area (Å²) in [5.41, 5.74) is 1.24. The van der Waals surface area contributed by atoms with Crippen LogP contribution in [0.15, 0.2) is 42.5 Å². The van der Waals surface area contributed by atoms with Crippen LogP contribution < -0.4 is 10.6 Å². The number of hydrogen-bond donors (Lipinski definition) is 2. The molecule has 128 valence electrons. The molecule has 2 aromatic rings. The highest BCUT2D eigenvalue weighted by Crippen LogP contribution is 2.24. The maximum Gasteiger partial charge on any atom is 0.237 e. The van der Waals surface area contributed by atoms with Crippen molar-refractivity contribution in [2.24, 2.45) is 0 Å². The van der Waals surface area contributed by atoms with E-state index in [-0.39, 0.29) is 18.0 Å².